The summed E-state index contributed by atoms with van der Waals surface area (Å²) in [6, 6.07) is 4.48. The molecule has 1 saturated heterocycles. The number of phenols is 1. The van der Waals surface area contributed by atoms with Crippen LogP contribution < -0.4 is 4.74 Å². The molecule has 0 saturated carbocycles. The van der Waals surface area contributed by atoms with Crippen molar-refractivity contribution in [2.75, 3.05) is 20.3 Å². The van der Waals surface area contributed by atoms with E-state index >= 15 is 0 Å². The molecule has 4 rings (SSSR count). The summed E-state index contributed by atoms with van der Waals surface area (Å²) in [5.74, 6) is -1.59. The lowest BCUT2D eigenvalue weighted by atomic mass is 9.88. The molecule has 37 heavy (non-hydrogen) atoms. The van der Waals surface area contributed by atoms with Gasteiger partial charge in [0.2, 0.25) is 6.29 Å². The van der Waals surface area contributed by atoms with Gasteiger partial charge in [-0.05, 0) is 35.4 Å². The van der Waals surface area contributed by atoms with Crippen molar-refractivity contribution in [2.24, 2.45) is 11.8 Å². The lowest BCUT2D eigenvalue weighted by molar-refractivity contribution is -0.339. The monoisotopic (exact) mass is 522 g/mol. The van der Waals surface area contributed by atoms with Crippen molar-refractivity contribution in [2.45, 2.75) is 43.1 Å². The van der Waals surface area contributed by atoms with Crippen molar-refractivity contribution in [1.29, 1.82) is 0 Å². The Morgan fingerprint density at radius 2 is 1.89 bits per heavy atom. The number of methoxy groups -OCH3 is 1. The number of benzene rings is 1. The minimum absolute atomic E-state index is 0.0546. The molecule has 0 bridgehead atoms. The fraction of sp³-hybridized carbons (Fsp3) is 0.480. The zero-order chi connectivity index (χ0) is 26.7. The van der Waals surface area contributed by atoms with Gasteiger partial charge in [-0.1, -0.05) is 12.1 Å². The summed E-state index contributed by atoms with van der Waals surface area (Å²) in [7, 11) is 1.39. The first kappa shape index (κ1) is 27.1. The van der Waals surface area contributed by atoms with E-state index in [1.54, 1.807) is 12.1 Å². The normalized spacial score (nSPS) is 35.1. The first-order chi connectivity index (χ1) is 17.7. The Balaban J connectivity index is 1.37. The number of aromatic hydroxyl groups is 1. The number of hydrogen-bond acceptors (Lipinski definition) is 12. The van der Waals surface area contributed by atoms with Crippen molar-refractivity contribution >= 4 is 12.0 Å². The van der Waals surface area contributed by atoms with Crippen LogP contribution in [0.2, 0.25) is 0 Å². The van der Waals surface area contributed by atoms with E-state index in [0.717, 1.165) is 6.08 Å². The third-order valence-electron chi connectivity index (χ3n) is 6.55. The number of carbonyl (C=O) groups is 1. The van der Waals surface area contributed by atoms with Gasteiger partial charge in [-0.15, -0.1) is 0 Å². The highest BCUT2D eigenvalue weighted by Crippen LogP contribution is 2.41. The van der Waals surface area contributed by atoms with Crippen molar-refractivity contribution in [3.63, 3.8) is 0 Å². The number of hydrogen-bond donors (Lipinski definition) is 6. The molecule has 3 aliphatic rings. The molecular weight excluding hydrogens is 492 g/mol. The highest BCUT2D eigenvalue weighted by Gasteiger charge is 2.49. The van der Waals surface area contributed by atoms with Crippen molar-refractivity contribution < 1.29 is 59.1 Å². The highest BCUT2D eigenvalue weighted by atomic mass is 16.8. The number of fused-ring (bicyclic) bond motifs is 1. The first-order valence-electron chi connectivity index (χ1n) is 11.6. The maximum Gasteiger partial charge on any atom is 0.330 e. The Hall–Kier alpha value is -2.97. The van der Waals surface area contributed by atoms with Crippen molar-refractivity contribution in [3.8, 4) is 11.5 Å². The number of carbonyl (C=O) groups excluding carboxylic acids is 1. The van der Waals surface area contributed by atoms with Crippen LogP contribution >= 0.6 is 0 Å². The molecule has 2 aliphatic heterocycles. The molecule has 0 radical (unpaired) electrons. The van der Waals surface area contributed by atoms with E-state index in [1.807, 2.05) is 0 Å². The van der Waals surface area contributed by atoms with E-state index in [0.29, 0.717) is 11.1 Å². The Bertz CT molecular complexity index is 1050. The van der Waals surface area contributed by atoms with E-state index in [1.165, 1.54) is 37.7 Å². The number of aliphatic hydroxyl groups is 5. The van der Waals surface area contributed by atoms with E-state index in [9.17, 15) is 35.4 Å². The molecule has 1 aromatic rings. The van der Waals surface area contributed by atoms with Gasteiger partial charge in [0.15, 0.2) is 17.8 Å². The molecule has 1 aromatic carbocycles. The summed E-state index contributed by atoms with van der Waals surface area (Å²) in [6.45, 7) is -0.807. The zero-order valence-electron chi connectivity index (χ0n) is 19.9. The van der Waals surface area contributed by atoms with Gasteiger partial charge in [0, 0.05) is 12.0 Å². The second-order valence-corrected chi connectivity index (χ2v) is 8.87. The van der Waals surface area contributed by atoms with Crippen LogP contribution in [-0.2, 0) is 23.7 Å². The molecule has 1 aliphatic carbocycles. The van der Waals surface area contributed by atoms with Crippen LogP contribution in [0.4, 0.5) is 0 Å². The Morgan fingerprint density at radius 1 is 1.11 bits per heavy atom. The van der Waals surface area contributed by atoms with Crippen molar-refractivity contribution in [3.05, 3.63) is 53.8 Å². The number of aliphatic hydroxyl groups excluding tert-OH is 5. The second-order valence-electron chi connectivity index (χ2n) is 8.87. The van der Waals surface area contributed by atoms with Gasteiger partial charge < -0.3 is 54.3 Å². The Morgan fingerprint density at radius 3 is 2.62 bits per heavy atom. The van der Waals surface area contributed by atoms with E-state index in [-0.39, 0.29) is 18.1 Å². The number of esters is 1. The SMILES string of the molecule is COc1cc(/C=C/C(=O)OC[C@H]2O[C@@H](O[C@@H]3OC=C[C@@H]4[C@H]3C(CO)=C[C@H]4O)[C@H](O)[C@@H](O)[C@@H]2O)ccc1O. The maximum atomic E-state index is 12.2. The summed E-state index contributed by atoms with van der Waals surface area (Å²) >= 11 is 0. The molecule has 12 heteroatoms. The van der Waals surface area contributed by atoms with Gasteiger partial charge >= 0.3 is 5.97 Å². The first-order valence-corrected chi connectivity index (χ1v) is 11.6. The minimum Gasteiger partial charge on any atom is -0.504 e. The van der Waals surface area contributed by atoms with Crippen LogP contribution in [0.3, 0.4) is 0 Å². The smallest absolute Gasteiger partial charge is 0.330 e. The van der Waals surface area contributed by atoms with E-state index < -0.39 is 67.5 Å². The number of ether oxygens (including phenoxy) is 5. The van der Waals surface area contributed by atoms with Gasteiger partial charge in [0.05, 0.1) is 32.0 Å². The van der Waals surface area contributed by atoms with Crippen LogP contribution in [0.25, 0.3) is 6.08 Å². The van der Waals surface area contributed by atoms with Gasteiger partial charge in [-0.2, -0.15) is 0 Å². The number of phenolic OH excluding ortho intramolecular Hbond substituents is 1. The van der Waals surface area contributed by atoms with Crippen LogP contribution in [0.5, 0.6) is 11.5 Å². The van der Waals surface area contributed by atoms with Crippen molar-refractivity contribution in [1.82, 2.24) is 0 Å². The molecule has 1 fully saturated rings. The third-order valence-corrected chi connectivity index (χ3v) is 6.55. The molecule has 9 atom stereocenters. The molecule has 2 heterocycles. The highest BCUT2D eigenvalue weighted by molar-refractivity contribution is 5.87. The lowest BCUT2D eigenvalue weighted by Gasteiger charge is -2.42. The predicted molar refractivity (Wildman–Crippen MR) is 125 cm³/mol. The standard InChI is InChI=1S/C25H30O12/c1-33-17-8-12(2-4-15(17)27)3-5-19(29)35-11-18-21(30)22(31)23(32)25(36-18)37-24-20-13(10-26)9-16(28)14(20)6-7-34-24/h2-9,14,16,18,20-28,30-32H,10-11H2,1H3/b5-3+/t14-,16+,18+,20+,21+,22-,23+,24-,25-/m0/s1. The zero-order valence-corrected chi connectivity index (χ0v) is 19.9. The largest absolute Gasteiger partial charge is 0.504 e. The van der Waals surface area contributed by atoms with Gasteiger partial charge in [0.1, 0.15) is 31.0 Å². The maximum absolute atomic E-state index is 12.2. The van der Waals surface area contributed by atoms with Crippen LogP contribution in [0, 0.1) is 11.8 Å². The molecule has 0 spiro atoms. The molecular formula is C25H30O12. The van der Waals surface area contributed by atoms with E-state index in [2.05, 4.69) is 0 Å². The number of rotatable bonds is 8. The second kappa shape index (κ2) is 11.6. The summed E-state index contributed by atoms with van der Waals surface area (Å²) < 4.78 is 27.0. The van der Waals surface area contributed by atoms with Gasteiger partial charge in [0.25, 0.3) is 0 Å². The fourth-order valence-corrected chi connectivity index (χ4v) is 4.54. The molecule has 12 nitrogen and oxygen atoms in total. The third kappa shape index (κ3) is 5.80. The summed E-state index contributed by atoms with van der Waals surface area (Å²) in [6.07, 6.45) is -2.55. The van der Waals surface area contributed by atoms with Gasteiger partial charge in [-0.3, -0.25) is 0 Å². The molecule has 0 unspecified atom stereocenters. The average molecular weight is 523 g/mol. The van der Waals surface area contributed by atoms with E-state index in [4.69, 9.17) is 23.7 Å². The van der Waals surface area contributed by atoms with Crippen LogP contribution in [0.15, 0.2) is 48.3 Å². The summed E-state index contributed by atoms with van der Waals surface area (Å²) in [4.78, 5) is 12.2. The average Bonchev–Trinajstić information content (AvgIpc) is 3.24. The predicted octanol–water partition coefficient (Wildman–Crippen LogP) is -0.823. The Kier molecular flexibility index (Phi) is 8.49. The van der Waals surface area contributed by atoms with Crippen LogP contribution in [0.1, 0.15) is 5.56 Å². The fourth-order valence-electron chi connectivity index (χ4n) is 4.54. The molecule has 202 valence electrons. The molecule has 0 aromatic heterocycles. The van der Waals surface area contributed by atoms with Gasteiger partial charge in [-0.25, -0.2) is 4.79 Å². The Labute approximate surface area is 212 Å². The quantitative estimate of drug-likeness (QED) is 0.142. The minimum atomic E-state index is -1.68. The lowest BCUT2D eigenvalue weighted by Crippen LogP contribution is -2.60. The molecule has 6 N–H and O–H groups in total. The van der Waals surface area contributed by atoms with Crippen LogP contribution in [-0.4, -0.2) is 100 Å². The molecule has 0 amide bonds. The topological polar surface area (TPSA) is 185 Å². The summed E-state index contributed by atoms with van der Waals surface area (Å²) in [5, 5.41) is 60.6. The summed E-state index contributed by atoms with van der Waals surface area (Å²) in [5.41, 5.74) is 1.04.